The monoisotopic (exact) mass is 291 g/mol. The summed E-state index contributed by atoms with van der Waals surface area (Å²) in [5.41, 5.74) is 1.07. The van der Waals surface area contributed by atoms with Crippen LogP contribution in [0.4, 0.5) is 0 Å². The lowest BCUT2D eigenvalue weighted by Gasteiger charge is -2.10. The number of halogens is 2. The van der Waals surface area contributed by atoms with Crippen molar-refractivity contribution in [2.45, 2.75) is 13.5 Å². The summed E-state index contributed by atoms with van der Waals surface area (Å²) in [5, 5.41) is 12.9. The summed E-state index contributed by atoms with van der Waals surface area (Å²) < 4.78 is 0.986. The van der Waals surface area contributed by atoms with Gasteiger partial charge in [0.2, 0.25) is 0 Å². The Morgan fingerprint density at radius 3 is 2.87 bits per heavy atom. The minimum atomic E-state index is 0.209. The van der Waals surface area contributed by atoms with Crippen molar-refractivity contribution in [1.29, 1.82) is 0 Å². The molecule has 0 aliphatic heterocycles. The molecule has 0 amide bonds. The van der Waals surface area contributed by atoms with Crippen molar-refractivity contribution in [2.24, 2.45) is 5.92 Å². The van der Waals surface area contributed by atoms with Gasteiger partial charge < -0.3 is 10.4 Å². The maximum absolute atomic E-state index is 8.85. The van der Waals surface area contributed by atoms with E-state index in [1.54, 1.807) is 0 Å². The molecule has 1 rings (SSSR count). The number of rotatable bonds is 5. The Kier molecular flexibility index (Phi) is 5.61. The van der Waals surface area contributed by atoms with E-state index in [1.807, 2.05) is 25.1 Å². The van der Waals surface area contributed by atoms with E-state index >= 15 is 0 Å². The fourth-order valence-electron chi connectivity index (χ4n) is 1.18. The molecule has 0 aliphatic rings. The molecule has 0 radical (unpaired) electrons. The van der Waals surface area contributed by atoms with Crippen molar-refractivity contribution >= 4 is 27.5 Å². The molecule has 2 N–H and O–H groups in total. The van der Waals surface area contributed by atoms with Crippen molar-refractivity contribution in [3.8, 4) is 0 Å². The van der Waals surface area contributed by atoms with Crippen molar-refractivity contribution < 1.29 is 5.11 Å². The Balaban J connectivity index is 2.44. The number of hydrogen-bond donors (Lipinski definition) is 2. The molecular weight excluding hydrogens is 277 g/mol. The van der Waals surface area contributed by atoms with Crippen molar-refractivity contribution in [2.75, 3.05) is 13.2 Å². The van der Waals surface area contributed by atoms with Gasteiger partial charge in [-0.15, -0.1) is 0 Å². The Hall–Kier alpha value is -0.0900. The lowest BCUT2D eigenvalue weighted by atomic mass is 10.2. The van der Waals surface area contributed by atoms with Gasteiger partial charge in [0.15, 0.2) is 0 Å². The molecule has 0 saturated carbocycles. The van der Waals surface area contributed by atoms with Gasteiger partial charge in [-0.05, 0) is 23.6 Å². The van der Waals surface area contributed by atoms with E-state index in [-0.39, 0.29) is 12.5 Å². The quantitative estimate of drug-likeness (QED) is 0.875. The summed E-state index contributed by atoms with van der Waals surface area (Å²) in [5.74, 6) is 0.277. The van der Waals surface area contributed by atoms with Gasteiger partial charge in [-0.2, -0.15) is 0 Å². The topological polar surface area (TPSA) is 32.3 Å². The van der Waals surface area contributed by atoms with Crippen LogP contribution >= 0.6 is 27.5 Å². The van der Waals surface area contributed by atoms with Crippen LogP contribution in [0.3, 0.4) is 0 Å². The summed E-state index contributed by atoms with van der Waals surface area (Å²) in [6.45, 7) is 3.73. The molecular formula is C11H15BrClNO. The second-order valence-electron chi connectivity index (χ2n) is 3.65. The van der Waals surface area contributed by atoms with Crippen LogP contribution in [0.2, 0.25) is 5.02 Å². The number of benzene rings is 1. The molecule has 2 nitrogen and oxygen atoms in total. The van der Waals surface area contributed by atoms with Gasteiger partial charge >= 0.3 is 0 Å². The summed E-state index contributed by atoms with van der Waals surface area (Å²) in [7, 11) is 0. The fraction of sp³-hybridized carbons (Fsp3) is 0.455. The highest BCUT2D eigenvalue weighted by molar-refractivity contribution is 9.10. The van der Waals surface area contributed by atoms with Crippen LogP contribution in [-0.2, 0) is 6.54 Å². The molecule has 1 atom stereocenters. The van der Waals surface area contributed by atoms with E-state index in [0.717, 1.165) is 28.1 Å². The van der Waals surface area contributed by atoms with E-state index in [1.165, 1.54) is 0 Å². The molecule has 0 bridgehead atoms. The highest BCUT2D eigenvalue weighted by Gasteiger charge is 2.02. The molecule has 0 spiro atoms. The van der Waals surface area contributed by atoms with E-state index in [4.69, 9.17) is 16.7 Å². The molecule has 15 heavy (non-hydrogen) atoms. The standard InChI is InChI=1S/C11H15BrClNO/c1-8(7-15)5-14-6-9-2-3-10(12)4-11(9)13/h2-4,8,14-15H,5-7H2,1H3. The van der Waals surface area contributed by atoms with Gasteiger partial charge in [-0.1, -0.05) is 40.5 Å². The average Bonchev–Trinajstić information content (AvgIpc) is 2.21. The first-order valence-corrected chi connectivity index (χ1v) is 6.06. The van der Waals surface area contributed by atoms with Crippen LogP contribution in [0.15, 0.2) is 22.7 Å². The lowest BCUT2D eigenvalue weighted by molar-refractivity contribution is 0.233. The zero-order valence-corrected chi connectivity index (χ0v) is 11.0. The Labute approximate surface area is 104 Å². The Morgan fingerprint density at radius 2 is 2.27 bits per heavy atom. The second-order valence-corrected chi connectivity index (χ2v) is 4.98. The number of aliphatic hydroxyl groups is 1. The highest BCUT2D eigenvalue weighted by atomic mass is 79.9. The average molecular weight is 293 g/mol. The highest BCUT2D eigenvalue weighted by Crippen LogP contribution is 2.21. The zero-order valence-electron chi connectivity index (χ0n) is 8.63. The molecule has 4 heteroatoms. The van der Waals surface area contributed by atoms with Crippen molar-refractivity contribution in [3.05, 3.63) is 33.3 Å². The van der Waals surface area contributed by atoms with Gasteiger partial charge in [0.05, 0.1) is 0 Å². The first kappa shape index (κ1) is 13.0. The molecule has 84 valence electrons. The van der Waals surface area contributed by atoms with Gasteiger partial charge in [0, 0.05) is 29.2 Å². The van der Waals surface area contributed by atoms with Gasteiger partial charge in [-0.25, -0.2) is 0 Å². The maximum atomic E-state index is 8.85. The molecule has 0 saturated heterocycles. The molecule has 1 aromatic rings. The maximum Gasteiger partial charge on any atom is 0.0468 e. The molecule has 0 aliphatic carbocycles. The molecule has 0 heterocycles. The van der Waals surface area contributed by atoms with Crippen molar-refractivity contribution in [3.63, 3.8) is 0 Å². The first-order chi connectivity index (χ1) is 7.13. The van der Waals surface area contributed by atoms with Crippen LogP contribution in [-0.4, -0.2) is 18.3 Å². The largest absolute Gasteiger partial charge is 0.396 e. The summed E-state index contributed by atoms with van der Waals surface area (Å²) in [6.07, 6.45) is 0. The van der Waals surface area contributed by atoms with Gasteiger partial charge in [0.25, 0.3) is 0 Å². The van der Waals surface area contributed by atoms with Crippen LogP contribution in [0.5, 0.6) is 0 Å². The second kappa shape index (κ2) is 6.48. The smallest absolute Gasteiger partial charge is 0.0468 e. The minimum Gasteiger partial charge on any atom is -0.396 e. The van der Waals surface area contributed by atoms with Crippen LogP contribution < -0.4 is 5.32 Å². The number of aliphatic hydroxyl groups excluding tert-OH is 1. The zero-order chi connectivity index (χ0) is 11.3. The minimum absolute atomic E-state index is 0.209. The summed E-state index contributed by atoms with van der Waals surface area (Å²) >= 11 is 9.42. The molecule has 1 unspecified atom stereocenters. The third kappa shape index (κ3) is 4.51. The van der Waals surface area contributed by atoms with Crippen LogP contribution in [0, 0.1) is 5.92 Å². The molecule has 0 aromatic heterocycles. The van der Waals surface area contributed by atoms with E-state index in [2.05, 4.69) is 21.2 Å². The predicted octanol–water partition coefficient (Wildman–Crippen LogP) is 2.82. The molecule has 1 aromatic carbocycles. The Bertz CT molecular complexity index is 319. The SMILES string of the molecule is CC(CO)CNCc1ccc(Br)cc1Cl. The third-order valence-electron chi connectivity index (χ3n) is 2.14. The first-order valence-electron chi connectivity index (χ1n) is 4.89. The predicted molar refractivity (Wildman–Crippen MR) is 67.1 cm³/mol. The fourth-order valence-corrected chi connectivity index (χ4v) is 1.92. The number of nitrogens with one attached hydrogen (secondary N) is 1. The normalized spacial score (nSPS) is 12.8. The third-order valence-corrected chi connectivity index (χ3v) is 2.98. The Morgan fingerprint density at radius 1 is 1.53 bits per heavy atom. The summed E-state index contributed by atoms with van der Waals surface area (Å²) in [6, 6.07) is 5.84. The van der Waals surface area contributed by atoms with E-state index in [0.29, 0.717) is 0 Å². The van der Waals surface area contributed by atoms with E-state index < -0.39 is 0 Å². The van der Waals surface area contributed by atoms with Gasteiger partial charge in [-0.3, -0.25) is 0 Å². The summed E-state index contributed by atoms with van der Waals surface area (Å²) in [4.78, 5) is 0. The van der Waals surface area contributed by atoms with E-state index in [9.17, 15) is 0 Å². The van der Waals surface area contributed by atoms with Crippen molar-refractivity contribution in [1.82, 2.24) is 5.32 Å². The lowest BCUT2D eigenvalue weighted by Crippen LogP contribution is -2.22. The van der Waals surface area contributed by atoms with Crippen LogP contribution in [0.1, 0.15) is 12.5 Å². The van der Waals surface area contributed by atoms with Gasteiger partial charge in [0.1, 0.15) is 0 Å². The number of hydrogen-bond acceptors (Lipinski definition) is 2. The van der Waals surface area contributed by atoms with Crippen LogP contribution in [0.25, 0.3) is 0 Å². The molecule has 0 fully saturated rings.